The van der Waals surface area contributed by atoms with Crippen LogP contribution >= 0.6 is 0 Å². The first-order valence-corrected chi connectivity index (χ1v) is 9.10. The molecule has 3 N–H and O–H groups in total. The van der Waals surface area contributed by atoms with Crippen LogP contribution in [-0.2, 0) is 0 Å². The van der Waals surface area contributed by atoms with E-state index in [1.165, 1.54) is 36.5 Å². The van der Waals surface area contributed by atoms with Gasteiger partial charge in [-0.15, -0.1) is 0 Å². The molecular weight excluding hydrogens is 389 g/mol. The third-order valence-corrected chi connectivity index (χ3v) is 3.54. The summed E-state index contributed by atoms with van der Waals surface area (Å²) in [4.78, 5) is 27.2. The average Bonchev–Trinajstić information content (AvgIpc) is 2.65. The first kappa shape index (κ1) is 22.6. The molecule has 0 aliphatic heterocycles. The molecule has 0 aliphatic rings. The Bertz CT molecular complexity index is 994. The van der Waals surface area contributed by atoms with Gasteiger partial charge < -0.3 is 20.5 Å². The van der Waals surface area contributed by atoms with Crippen LogP contribution in [0.25, 0.3) is 0 Å². The highest BCUT2D eigenvalue weighted by atomic mass is 19.1. The predicted octanol–water partition coefficient (Wildman–Crippen LogP) is 3.84. The molecule has 30 heavy (non-hydrogen) atoms. The minimum Gasteiger partial charge on any atom is -0.488 e. The monoisotopic (exact) mass is 413 g/mol. The summed E-state index contributed by atoms with van der Waals surface area (Å²) in [6.45, 7) is 5.57. The molecule has 0 fully saturated rings. The molecule has 1 amide bonds. The fourth-order valence-corrected chi connectivity index (χ4v) is 2.36. The van der Waals surface area contributed by atoms with Crippen LogP contribution < -0.4 is 20.5 Å². The molecule has 0 heterocycles. The van der Waals surface area contributed by atoms with E-state index in [2.05, 4.69) is 10.3 Å². The van der Waals surface area contributed by atoms with Crippen molar-refractivity contribution in [2.24, 2.45) is 10.7 Å². The lowest BCUT2D eigenvalue weighted by molar-refractivity contribution is 0.0998. The van der Waals surface area contributed by atoms with Crippen LogP contribution in [0.15, 0.2) is 53.7 Å². The maximum Gasteiger partial charge on any atom is 0.279 e. The number of carbonyl (C=O) groups is 2. The summed E-state index contributed by atoms with van der Waals surface area (Å²) in [5.41, 5.74) is 5.28. The molecule has 158 valence electrons. The number of nitrogens with one attached hydrogen (secondary N) is 1. The Morgan fingerprint density at radius 2 is 1.83 bits per heavy atom. The molecule has 0 atom stereocenters. The molecule has 2 aromatic carbocycles. The van der Waals surface area contributed by atoms with Gasteiger partial charge >= 0.3 is 0 Å². The third kappa shape index (κ3) is 6.73. The van der Waals surface area contributed by atoms with Crippen molar-refractivity contribution < 1.29 is 23.5 Å². The van der Waals surface area contributed by atoms with E-state index in [1.807, 2.05) is 20.8 Å². The summed E-state index contributed by atoms with van der Waals surface area (Å²) in [6, 6.07) is 8.38. The summed E-state index contributed by atoms with van der Waals surface area (Å²) in [5.74, 6) is -0.532. The molecule has 0 saturated carbocycles. The first-order valence-electron chi connectivity index (χ1n) is 9.10. The van der Waals surface area contributed by atoms with Gasteiger partial charge in [-0.3, -0.25) is 9.59 Å². The second-order valence-corrected chi connectivity index (χ2v) is 7.27. The van der Waals surface area contributed by atoms with E-state index in [9.17, 15) is 14.0 Å². The largest absolute Gasteiger partial charge is 0.488 e. The smallest absolute Gasteiger partial charge is 0.279 e. The fourth-order valence-electron chi connectivity index (χ4n) is 2.36. The minimum absolute atomic E-state index is 0.0190. The molecule has 8 heteroatoms. The molecular formula is C22H24FN3O4. The zero-order chi connectivity index (χ0) is 22.3. The number of nitrogens with two attached hydrogens (primary N) is 1. The lowest BCUT2D eigenvalue weighted by atomic mass is 10.1. The summed E-state index contributed by atoms with van der Waals surface area (Å²) < 4.78 is 25.4. The molecule has 7 nitrogen and oxygen atoms in total. The van der Waals surface area contributed by atoms with E-state index < -0.39 is 17.3 Å². The van der Waals surface area contributed by atoms with E-state index in [0.29, 0.717) is 12.0 Å². The summed E-state index contributed by atoms with van der Waals surface area (Å²) in [5, 5.41) is 2.75. The Morgan fingerprint density at radius 1 is 1.13 bits per heavy atom. The minimum atomic E-state index is -0.713. The van der Waals surface area contributed by atoms with Crippen LogP contribution in [-0.4, -0.2) is 30.7 Å². The van der Waals surface area contributed by atoms with Gasteiger partial charge in [0.25, 0.3) is 5.91 Å². The summed E-state index contributed by atoms with van der Waals surface area (Å²) in [7, 11) is 1.69. The maximum atomic E-state index is 13.9. The zero-order valence-electron chi connectivity index (χ0n) is 17.2. The number of carbonyl (C=O) groups excluding carboxylic acids is 2. The van der Waals surface area contributed by atoms with E-state index in [1.54, 1.807) is 13.1 Å². The number of amidine groups is 1. The third-order valence-electron chi connectivity index (χ3n) is 3.54. The highest BCUT2D eigenvalue weighted by Crippen LogP contribution is 2.30. The lowest BCUT2D eigenvalue weighted by Gasteiger charge is -2.22. The van der Waals surface area contributed by atoms with Crippen LogP contribution in [0, 0.1) is 5.82 Å². The van der Waals surface area contributed by atoms with E-state index in [0.717, 1.165) is 6.07 Å². The van der Waals surface area contributed by atoms with Crippen LogP contribution in [0.5, 0.6) is 17.2 Å². The second-order valence-electron chi connectivity index (χ2n) is 7.27. The van der Waals surface area contributed by atoms with E-state index >= 15 is 0 Å². The molecule has 0 radical (unpaired) electrons. The predicted molar refractivity (Wildman–Crippen MR) is 113 cm³/mol. The first-order chi connectivity index (χ1) is 14.1. The van der Waals surface area contributed by atoms with Crippen LogP contribution in [0.1, 0.15) is 41.5 Å². The fraction of sp³-hybridized carbons (Fsp3) is 0.227. The number of aliphatic imine (C=N–C) groups is 1. The number of benzene rings is 2. The van der Waals surface area contributed by atoms with Crippen molar-refractivity contribution in [1.29, 1.82) is 0 Å². The molecule has 0 aliphatic carbocycles. The molecule has 0 aromatic heterocycles. The molecule has 2 rings (SSSR count). The van der Waals surface area contributed by atoms with Crippen molar-refractivity contribution in [3.05, 3.63) is 65.6 Å². The standard InChI is InChI=1S/C22H24FN3O4/c1-22(2,3)30-18-10-15(21(28)26-20(24)7-8-25-4)9-17(11-18)29-16-6-5-14(13-27)19(23)12-16/h5-13,25H,1-4H3,(H2,24,26,28)/b8-7-. The Morgan fingerprint density at radius 3 is 2.43 bits per heavy atom. The highest BCUT2D eigenvalue weighted by molar-refractivity contribution is 6.06. The van der Waals surface area contributed by atoms with Gasteiger partial charge in [-0.25, -0.2) is 4.39 Å². The number of ether oxygens (including phenoxy) is 2. The molecule has 0 unspecified atom stereocenters. The Labute approximate surface area is 174 Å². The van der Waals surface area contributed by atoms with Crippen LogP contribution in [0.2, 0.25) is 0 Å². The van der Waals surface area contributed by atoms with Gasteiger partial charge in [-0.2, -0.15) is 4.99 Å². The van der Waals surface area contributed by atoms with Crippen molar-refractivity contribution in [1.82, 2.24) is 5.32 Å². The van der Waals surface area contributed by atoms with Gasteiger partial charge in [0, 0.05) is 24.7 Å². The highest BCUT2D eigenvalue weighted by Gasteiger charge is 2.16. The van der Waals surface area contributed by atoms with Crippen molar-refractivity contribution >= 4 is 18.0 Å². The Balaban J connectivity index is 2.41. The van der Waals surface area contributed by atoms with Gasteiger partial charge in [-0.1, -0.05) is 0 Å². The van der Waals surface area contributed by atoms with Crippen molar-refractivity contribution in [3.8, 4) is 17.2 Å². The number of hydrogen-bond acceptors (Lipinski definition) is 5. The second kappa shape index (κ2) is 9.69. The molecule has 2 aromatic rings. The van der Waals surface area contributed by atoms with Gasteiger partial charge in [0.1, 0.15) is 34.5 Å². The SMILES string of the molecule is CN/C=C\C(N)=NC(=O)c1cc(Oc2ccc(C=O)c(F)c2)cc(OC(C)(C)C)c1. The molecule has 0 bridgehead atoms. The number of amides is 1. The van der Waals surface area contributed by atoms with Gasteiger partial charge in [0.2, 0.25) is 0 Å². The van der Waals surface area contributed by atoms with E-state index in [-0.39, 0.29) is 28.5 Å². The average molecular weight is 413 g/mol. The normalized spacial score (nSPS) is 12.0. The van der Waals surface area contributed by atoms with Gasteiger partial charge in [0.15, 0.2) is 6.29 Å². The van der Waals surface area contributed by atoms with Crippen molar-refractivity contribution in [3.63, 3.8) is 0 Å². The lowest BCUT2D eigenvalue weighted by Crippen LogP contribution is -2.23. The van der Waals surface area contributed by atoms with Gasteiger partial charge in [0.05, 0.1) is 5.56 Å². The number of nitrogens with zero attached hydrogens (tertiary/aromatic N) is 1. The van der Waals surface area contributed by atoms with Crippen LogP contribution in [0.3, 0.4) is 0 Å². The van der Waals surface area contributed by atoms with Crippen molar-refractivity contribution in [2.45, 2.75) is 26.4 Å². The maximum absolute atomic E-state index is 13.9. The van der Waals surface area contributed by atoms with E-state index in [4.69, 9.17) is 15.2 Å². The Hall–Kier alpha value is -3.68. The molecule has 0 saturated heterocycles. The molecule has 0 spiro atoms. The van der Waals surface area contributed by atoms with Gasteiger partial charge in [-0.05, 0) is 57.3 Å². The zero-order valence-corrected chi connectivity index (χ0v) is 17.2. The quantitative estimate of drug-likeness (QED) is 0.406. The van der Waals surface area contributed by atoms with Crippen LogP contribution in [0.4, 0.5) is 4.39 Å². The summed E-state index contributed by atoms with van der Waals surface area (Å²) >= 11 is 0. The number of aldehydes is 1. The Kier molecular flexibility index (Phi) is 7.30. The summed E-state index contributed by atoms with van der Waals surface area (Å²) in [6.07, 6.45) is 3.40. The topological polar surface area (TPSA) is 103 Å². The number of halogens is 1. The number of rotatable bonds is 7. The number of hydrogen-bond donors (Lipinski definition) is 2. The van der Waals surface area contributed by atoms with Crippen molar-refractivity contribution in [2.75, 3.05) is 7.05 Å².